The summed E-state index contributed by atoms with van der Waals surface area (Å²) in [5.74, 6) is 0. The van der Waals surface area contributed by atoms with E-state index in [4.69, 9.17) is 0 Å². The first-order valence-corrected chi connectivity index (χ1v) is 8.94. The maximum absolute atomic E-state index is 3.52. The second-order valence-electron chi connectivity index (χ2n) is 6.94. The summed E-state index contributed by atoms with van der Waals surface area (Å²) >= 11 is 0. The van der Waals surface area contributed by atoms with E-state index >= 15 is 0 Å². The van der Waals surface area contributed by atoms with Gasteiger partial charge in [0.25, 0.3) is 0 Å². The summed E-state index contributed by atoms with van der Waals surface area (Å²) in [5, 5.41) is 3.52. The topological polar surface area (TPSA) is 18.5 Å². The zero-order valence-electron chi connectivity index (χ0n) is 15.1. The lowest BCUT2D eigenvalue weighted by Crippen LogP contribution is -2.33. The Balaban J connectivity index is 1.97. The summed E-state index contributed by atoms with van der Waals surface area (Å²) in [6, 6.07) is 18.4. The van der Waals surface area contributed by atoms with Gasteiger partial charge in [0.15, 0.2) is 0 Å². The highest BCUT2D eigenvalue weighted by molar-refractivity contribution is 5.48. The fourth-order valence-corrected chi connectivity index (χ4v) is 3.53. The van der Waals surface area contributed by atoms with Crippen LogP contribution in [0, 0.1) is 6.92 Å². The lowest BCUT2D eigenvalue weighted by Gasteiger charge is -2.32. The van der Waals surface area contributed by atoms with Gasteiger partial charge in [0, 0.05) is 39.4 Å². The molecule has 0 radical (unpaired) electrons. The zero-order valence-corrected chi connectivity index (χ0v) is 15.1. The molecule has 1 aliphatic heterocycles. The minimum Gasteiger partial charge on any atom is -0.378 e. The van der Waals surface area contributed by atoms with Gasteiger partial charge in [0.2, 0.25) is 0 Å². The molecule has 3 heteroatoms. The summed E-state index contributed by atoms with van der Waals surface area (Å²) < 4.78 is 0. The molecule has 0 saturated carbocycles. The second-order valence-corrected chi connectivity index (χ2v) is 6.94. The number of nitrogens with zero attached hydrogens (tertiary/aromatic N) is 2. The van der Waals surface area contributed by atoms with Crippen molar-refractivity contribution in [3.63, 3.8) is 0 Å². The van der Waals surface area contributed by atoms with Crippen LogP contribution in [0.4, 0.5) is 5.69 Å². The fourth-order valence-electron chi connectivity index (χ4n) is 3.53. The number of hydrogen-bond acceptors (Lipinski definition) is 3. The number of nitrogens with one attached hydrogen (secondary N) is 1. The van der Waals surface area contributed by atoms with E-state index in [1.54, 1.807) is 0 Å². The Hall–Kier alpha value is -1.84. The van der Waals surface area contributed by atoms with Crippen LogP contribution < -0.4 is 10.2 Å². The largest absolute Gasteiger partial charge is 0.378 e. The van der Waals surface area contributed by atoms with Crippen LogP contribution in [0.3, 0.4) is 0 Å². The number of anilines is 1. The maximum Gasteiger partial charge on any atom is 0.0602 e. The molecule has 0 aliphatic carbocycles. The molecule has 2 aromatic rings. The molecular weight excluding hydrogens is 294 g/mol. The Morgan fingerprint density at radius 2 is 1.75 bits per heavy atom. The molecular formula is C21H29N3. The van der Waals surface area contributed by atoms with Crippen molar-refractivity contribution in [3.8, 4) is 0 Å². The van der Waals surface area contributed by atoms with Crippen LogP contribution in [0.1, 0.15) is 29.2 Å². The van der Waals surface area contributed by atoms with E-state index in [1.807, 2.05) is 0 Å². The molecule has 128 valence electrons. The van der Waals surface area contributed by atoms with Crippen LogP contribution in [-0.4, -0.2) is 45.2 Å². The van der Waals surface area contributed by atoms with E-state index in [0.717, 1.165) is 26.2 Å². The van der Waals surface area contributed by atoms with Crippen LogP contribution in [0.15, 0.2) is 48.5 Å². The van der Waals surface area contributed by atoms with Crippen molar-refractivity contribution in [2.45, 2.75) is 19.4 Å². The smallest absolute Gasteiger partial charge is 0.0602 e. The standard InChI is InChI=1S/C21H29N3/c1-17-6-4-7-19(16-17)21(24-14-5-12-22-13-15-24)18-8-10-20(11-9-18)23(2)3/h4,6-11,16,21-22H,5,12-15H2,1-3H3. The van der Waals surface area contributed by atoms with Gasteiger partial charge >= 0.3 is 0 Å². The van der Waals surface area contributed by atoms with Gasteiger partial charge in [-0.25, -0.2) is 0 Å². The Morgan fingerprint density at radius 1 is 0.958 bits per heavy atom. The molecule has 3 nitrogen and oxygen atoms in total. The van der Waals surface area contributed by atoms with Crippen LogP contribution in [0.5, 0.6) is 0 Å². The maximum atomic E-state index is 3.52. The van der Waals surface area contributed by atoms with Gasteiger partial charge in [0.05, 0.1) is 6.04 Å². The second kappa shape index (κ2) is 7.82. The van der Waals surface area contributed by atoms with Crippen LogP contribution in [-0.2, 0) is 0 Å². The normalized spacial score (nSPS) is 17.3. The van der Waals surface area contributed by atoms with Crippen molar-refractivity contribution in [2.24, 2.45) is 0 Å². The van der Waals surface area contributed by atoms with Gasteiger partial charge in [-0.3, -0.25) is 4.90 Å². The average molecular weight is 323 g/mol. The third-order valence-corrected chi connectivity index (χ3v) is 4.82. The molecule has 0 amide bonds. The van der Waals surface area contributed by atoms with E-state index < -0.39 is 0 Å². The van der Waals surface area contributed by atoms with E-state index in [-0.39, 0.29) is 0 Å². The minimum absolute atomic E-state index is 0.334. The molecule has 1 atom stereocenters. The highest BCUT2D eigenvalue weighted by Crippen LogP contribution is 2.30. The van der Waals surface area contributed by atoms with Gasteiger partial charge in [-0.05, 0) is 43.1 Å². The van der Waals surface area contributed by atoms with E-state index in [2.05, 4.69) is 84.7 Å². The minimum atomic E-state index is 0.334. The first kappa shape index (κ1) is 17.0. The molecule has 1 unspecified atom stereocenters. The molecule has 24 heavy (non-hydrogen) atoms. The van der Waals surface area contributed by atoms with Gasteiger partial charge in [-0.15, -0.1) is 0 Å². The lowest BCUT2D eigenvalue weighted by molar-refractivity contribution is 0.241. The van der Waals surface area contributed by atoms with Crippen LogP contribution in [0.25, 0.3) is 0 Å². The molecule has 2 aromatic carbocycles. The summed E-state index contributed by atoms with van der Waals surface area (Å²) in [5.41, 5.74) is 5.36. The lowest BCUT2D eigenvalue weighted by atomic mass is 9.95. The summed E-state index contributed by atoms with van der Waals surface area (Å²) in [4.78, 5) is 4.78. The highest BCUT2D eigenvalue weighted by atomic mass is 15.2. The third-order valence-electron chi connectivity index (χ3n) is 4.82. The van der Waals surface area contributed by atoms with Crippen LogP contribution in [0.2, 0.25) is 0 Å². The number of aryl methyl sites for hydroxylation is 1. The Morgan fingerprint density at radius 3 is 2.46 bits per heavy atom. The third kappa shape index (κ3) is 3.97. The van der Waals surface area contributed by atoms with E-state index in [0.29, 0.717) is 6.04 Å². The number of rotatable bonds is 4. The molecule has 1 fully saturated rings. The average Bonchev–Trinajstić information content (AvgIpc) is 2.85. The molecule has 1 N–H and O–H groups in total. The van der Waals surface area contributed by atoms with Gasteiger partial charge in [0.1, 0.15) is 0 Å². The summed E-state index contributed by atoms with van der Waals surface area (Å²) in [7, 11) is 4.18. The highest BCUT2D eigenvalue weighted by Gasteiger charge is 2.23. The van der Waals surface area contributed by atoms with Crippen molar-refractivity contribution in [3.05, 3.63) is 65.2 Å². The van der Waals surface area contributed by atoms with Gasteiger partial charge < -0.3 is 10.2 Å². The van der Waals surface area contributed by atoms with Gasteiger partial charge in [-0.1, -0.05) is 42.0 Å². The SMILES string of the molecule is Cc1cccc(C(c2ccc(N(C)C)cc2)N2CCCNCC2)c1. The van der Waals surface area contributed by atoms with Crippen molar-refractivity contribution >= 4 is 5.69 Å². The summed E-state index contributed by atoms with van der Waals surface area (Å²) in [6.07, 6.45) is 1.21. The Bertz CT molecular complexity index is 640. The Kier molecular flexibility index (Phi) is 5.54. The molecule has 0 aromatic heterocycles. The number of hydrogen-bond donors (Lipinski definition) is 1. The fraction of sp³-hybridized carbons (Fsp3) is 0.429. The number of benzene rings is 2. The first-order valence-electron chi connectivity index (χ1n) is 8.94. The molecule has 1 saturated heterocycles. The van der Waals surface area contributed by atoms with Crippen LogP contribution >= 0.6 is 0 Å². The van der Waals surface area contributed by atoms with Crippen molar-refractivity contribution in [1.82, 2.24) is 10.2 Å². The molecule has 0 spiro atoms. The van der Waals surface area contributed by atoms with Crippen molar-refractivity contribution in [1.29, 1.82) is 0 Å². The van der Waals surface area contributed by atoms with E-state index in [1.165, 1.54) is 28.8 Å². The monoisotopic (exact) mass is 323 g/mol. The quantitative estimate of drug-likeness (QED) is 0.930. The molecule has 1 heterocycles. The van der Waals surface area contributed by atoms with Crippen molar-refractivity contribution < 1.29 is 0 Å². The first-order chi connectivity index (χ1) is 11.6. The zero-order chi connectivity index (χ0) is 16.9. The molecule has 0 bridgehead atoms. The van der Waals surface area contributed by atoms with E-state index in [9.17, 15) is 0 Å². The predicted octanol–water partition coefficient (Wildman–Crippen LogP) is 3.45. The summed E-state index contributed by atoms with van der Waals surface area (Å²) in [6.45, 7) is 6.60. The van der Waals surface area contributed by atoms with Gasteiger partial charge in [-0.2, -0.15) is 0 Å². The molecule has 3 rings (SSSR count). The predicted molar refractivity (Wildman–Crippen MR) is 103 cm³/mol. The molecule has 1 aliphatic rings. The van der Waals surface area contributed by atoms with Crippen molar-refractivity contribution in [2.75, 3.05) is 45.2 Å². The Labute approximate surface area is 146 Å².